The van der Waals surface area contributed by atoms with Gasteiger partial charge in [0.05, 0.1) is 23.2 Å². The summed E-state index contributed by atoms with van der Waals surface area (Å²) in [5.74, 6) is -1.19. The monoisotopic (exact) mass is 508 g/mol. The largest absolute Gasteiger partial charge is 0.479 e. The lowest BCUT2D eigenvalue weighted by Crippen LogP contribution is -2.16. The summed E-state index contributed by atoms with van der Waals surface area (Å²) in [7, 11) is -3.34. The van der Waals surface area contributed by atoms with E-state index in [1.165, 1.54) is 0 Å². The van der Waals surface area contributed by atoms with Crippen LogP contribution in [0.15, 0.2) is 40.4 Å². The molecule has 0 amide bonds. The Morgan fingerprint density at radius 3 is 2.54 bits per heavy atom. The number of oxime groups is 1. The number of carbonyl (C=O) groups is 1. The topological polar surface area (TPSA) is 163 Å². The SMILES string of the molecule is CS(=O)(=O)c1ccc(-c2cc(C(CCCO[N+](=O)[O-])=NOCC(=O)O)nn2C2CCCCC2)cc1. The van der Waals surface area contributed by atoms with Gasteiger partial charge in [-0.2, -0.15) is 5.10 Å². The first kappa shape index (κ1) is 26.1. The Bertz CT molecular complexity index is 1170. The fourth-order valence-corrected chi connectivity index (χ4v) is 4.62. The molecule has 0 radical (unpaired) electrons. The molecular weight excluding hydrogens is 480 g/mol. The van der Waals surface area contributed by atoms with Gasteiger partial charge >= 0.3 is 5.97 Å². The average Bonchev–Trinajstić information content (AvgIpc) is 3.26. The van der Waals surface area contributed by atoms with Gasteiger partial charge in [-0.05, 0) is 49.4 Å². The van der Waals surface area contributed by atoms with Crippen LogP contribution in [-0.2, 0) is 24.3 Å². The molecule has 2 aromatic rings. The first-order chi connectivity index (χ1) is 16.6. The number of rotatable bonds is 12. The number of sulfone groups is 1. The summed E-state index contributed by atoms with van der Waals surface area (Å²) < 4.78 is 25.6. The lowest BCUT2D eigenvalue weighted by Gasteiger charge is -2.24. The van der Waals surface area contributed by atoms with Gasteiger partial charge in [0, 0.05) is 6.26 Å². The summed E-state index contributed by atoms with van der Waals surface area (Å²) >= 11 is 0. The summed E-state index contributed by atoms with van der Waals surface area (Å²) in [5.41, 5.74) is 2.31. The molecule has 0 aliphatic heterocycles. The van der Waals surface area contributed by atoms with Crippen molar-refractivity contribution in [2.75, 3.05) is 19.5 Å². The van der Waals surface area contributed by atoms with Crippen LogP contribution in [0.2, 0.25) is 0 Å². The third-order valence-corrected chi connectivity index (χ3v) is 6.78. The van der Waals surface area contributed by atoms with Gasteiger partial charge in [-0.1, -0.05) is 36.6 Å². The molecule has 12 nitrogen and oxygen atoms in total. The van der Waals surface area contributed by atoms with E-state index in [1.807, 2.05) is 4.68 Å². The molecule has 1 aromatic carbocycles. The van der Waals surface area contributed by atoms with Crippen LogP contribution in [0.4, 0.5) is 0 Å². The fourth-order valence-electron chi connectivity index (χ4n) is 3.99. The van der Waals surface area contributed by atoms with E-state index in [4.69, 9.17) is 15.0 Å². The minimum atomic E-state index is -3.34. The summed E-state index contributed by atoms with van der Waals surface area (Å²) in [6.45, 7) is -0.799. The predicted molar refractivity (Wildman–Crippen MR) is 125 cm³/mol. The minimum absolute atomic E-state index is 0.140. The van der Waals surface area contributed by atoms with E-state index >= 15 is 0 Å². The Morgan fingerprint density at radius 1 is 1.26 bits per heavy atom. The van der Waals surface area contributed by atoms with E-state index in [0.29, 0.717) is 11.4 Å². The van der Waals surface area contributed by atoms with Crippen molar-refractivity contribution >= 4 is 21.5 Å². The highest BCUT2D eigenvalue weighted by Gasteiger charge is 2.23. The van der Waals surface area contributed by atoms with Gasteiger partial charge in [0.2, 0.25) is 6.61 Å². The highest BCUT2D eigenvalue weighted by atomic mass is 32.2. The van der Waals surface area contributed by atoms with E-state index in [1.54, 1.807) is 30.3 Å². The van der Waals surface area contributed by atoms with E-state index < -0.39 is 27.5 Å². The highest BCUT2D eigenvalue weighted by molar-refractivity contribution is 7.90. The van der Waals surface area contributed by atoms with Crippen molar-refractivity contribution in [3.63, 3.8) is 0 Å². The molecule has 190 valence electrons. The molecule has 3 rings (SSSR count). The van der Waals surface area contributed by atoms with Gasteiger partial charge in [-0.3, -0.25) is 4.68 Å². The molecule has 0 spiro atoms. The Kier molecular flexibility index (Phi) is 8.79. The second-order valence-electron chi connectivity index (χ2n) is 8.31. The third kappa shape index (κ3) is 7.50. The molecule has 0 unspecified atom stereocenters. The molecule has 1 fully saturated rings. The molecule has 13 heteroatoms. The van der Waals surface area contributed by atoms with E-state index in [2.05, 4.69) is 9.99 Å². The fraction of sp³-hybridized carbons (Fsp3) is 0.500. The number of nitrogens with zero attached hydrogens (tertiary/aromatic N) is 4. The number of hydrogen-bond acceptors (Lipinski definition) is 9. The molecule has 1 aliphatic carbocycles. The number of aliphatic carboxylic acids is 1. The van der Waals surface area contributed by atoms with E-state index in [9.17, 15) is 23.3 Å². The molecule has 0 bridgehead atoms. The van der Waals surface area contributed by atoms with Crippen molar-refractivity contribution in [2.45, 2.75) is 55.9 Å². The van der Waals surface area contributed by atoms with Gasteiger partial charge in [0.1, 0.15) is 11.4 Å². The smallest absolute Gasteiger partial charge is 0.344 e. The van der Waals surface area contributed by atoms with Crippen LogP contribution in [0, 0.1) is 10.1 Å². The summed E-state index contributed by atoms with van der Waals surface area (Å²) in [6, 6.07) is 8.46. The van der Waals surface area contributed by atoms with Crippen LogP contribution in [0.3, 0.4) is 0 Å². The average molecular weight is 509 g/mol. The van der Waals surface area contributed by atoms with Gasteiger partial charge in [0.25, 0.3) is 5.09 Å². The normalized spacial score (nSPS) is 15.1. The van der Waals surface area contributed by atoms with Crippen molar-refractivity contribution in [1.29, 1.82) is 0 Å². The molecule has 1 aromatic heterocycles. The highest BCUT2D eigenvalue weighted by Crippen LogP contribution is 2.33. The Hall–Kier alpha value is -3.48. The van der Waals surface area contributed by atoms with Crippen LogP contribution in [-0.4, -0.2) is 59.5 Å². The van der Waals surface area contributed by atoms with Crippen molar-refractivity contribution in [2.24, 2.45) is 5.16 Å². The molecule has 1 aliphatic rings. The maximum absolute atomic E-state index is 11.9. The standard InChI is InChI=1S/C22H28N4O8S/c1-35(31,32)18-11-9-16(10-12-18)21-14-20(23-25(21)17-6-3-2-4-7-17)19(24-33-15-22(27)28)8-5-13-34-26(29)30/h9-12,14,17H,2-8,13,15H2,1H3,(H,27,28). The summed E-state index contributed by atoms with van der Waals surface area (Å²) in [4.78, 5) is 30.8. The van der Waals surface area contributed by atoms with Crippen molar-refractivity contribution in [3.8, 4) is 11.3 Å². The maximum atomic E-state index is 11.9. The van der Waals surface area contributed by atoms with Crippen LogP contribution in [0.1, 0.15) is 56.7 Å². The molecule has 35 heavy (non-hydrogen) atoms. The molecule has 0 saturated heterocycles. The quantitative estimate of drug-likeness (QED) is 0.196. The number of carboxylic acids is 1. The molecule has 1 saturated carbocycles. The van der Waals surface area contributed by atoms with Gasteiger partial charge in [0.15, 0.2) is 9.84 Å². The van der Waals surface area contributed by atoms with Gasteiger partial charge in [-0.15, -0.1) is 10.1 Å². The number of benzene rings is 1. The zero-order chi connectivity index (χ0) is 25.4. The second-order valence-corrected chi connectivity index (χ2v) is 10.3. The third-order valence-electron chi connectivity index (χ3n) is 5.65. The zero-order valence-corrected chi connectivity index (χ0v) is 20.1. The number of hydrogen-bond donors (Lipinski definition) is 1. The van der Waals surface area contributed by atoms with Crippen LogP contribution < -0.4 is 0 Å². The molecule has 0 atom stereocenters. The van der Waals surface area contributed by atoms with Crippen molar-refractivity contribution in [3.05, 3.63) is 46.1 Å². The van der Waals surface area contributed by atoms with Gasteiger partial charge in [-0.25, -0.2) is 13.2 Å². The first-order valence-corrected chi connectivity index (χ1v) is 13.1. The zero-order valence-electron chi connectivity index (χ0n) is 19.3. The molecule has 1 heterocycles. The summed E-state index contributed by atoms with van der Waals surface area (Å²) in [5, 5.41) is 27.1. The van der Waals surface area contributed by atoms with Gasteiger partial charge < -0.3 is 14.8 Å². The molecule has 1 N–H and O–H groups in total. The number of aromatic nitrogens is 2. The van der Waals surface area contributed by atoms with Crippen LogP contribution >= 0.6 is 0 Å². The van der Waals surface area contributed by atoms with Crippen LogP contribution in [0.5, 0.6) is 0 Å². The van der Waals surface area contributed by atoms with Crippen LogP contribution in [0.25, 0.3) is 11.3 Å². The Balaban J connectivity index is 1.97. The van der Waals surface area contributed by atoms with Crippen molar-refractivity contribution in [1.82, 2.24) is 9.78 Å². The maximum Gasteiger partial charge on any atom is 0.344 e. The Morgan fingerprint density at radius 2 is 1.94 bits per heavy atom. The van der Waals surface area contributed by atoms with Crippen molar-refractivity contribution < 1.29 is 33.1 Å². The minimum Gasteiger partial charge on any atom is -0.479 e. The first-order valence-electron chi connectivity index (χ1n) is 11.2. The summed E-state index contributed by atoms with van der Waals surface area (Å²) in [6.07, 6.45) is 6.75. The second kappa shape index (κ2) is 11.8. The number of carboxylic acid groups (broad SMARTS) is 1. The predicted octanol–water partition coefficient (Wildman–Crippen LogP) is 3.25. The lowest BCUT2D eigenvalue weighted by molar-refractivity contribution is -0.757. The molecular formula is C22H28N4O8S. The Labute approximate surface area is 202 Å². The van der Waals surface area contributed by atoms with E-state index in [0.717, 1.165) is 49.6 Å². The lowest BCUT2D eigenvalue weighted by atomic mass is 9.95. The van der Waals surface area contributed by atoms with E-state index in [-0.39, 0.29) is 30.4 Å².